The standard InChI is InChI=1S/C23H22F6N4O2/c1-13-10-17-18(19(14(13)2)35-20(34)23(27,28)29)31-21(32-8-6-30-7-9-32)33(17)12-15-4-3-5-16(11-15)22(24,25)26/h3-5,10-11,30H,6-9,12H2,1-2H3. The molecule has 1 saturated heterocycles. The molecule has 0 unspecified atom stereocenters. The number of rotatable bonds is 4. The van der Waals surface area contributed by atoms with Crippen LogP contribution in [0, 0.1) is 13.8 Å². The van der Waals surface area contributed by atoms with E-state index in [4.69, 9.17) is 4.74 Å². The van der Waals surface area contributed by atoms with Gasteiger partial charge in [0.05, 0.1) is 17.6 Å². The van der Waals surface area contributed by atoms with Crippen LogP contribution >= 0.6 is 0 Å². The van der Waals surface area contributed by atoms with Crippen molar-refractivity contribution in [3.8, 4) is 5.75 Å². The first-order valence-electron chi connectivity index (χ1n) is 10.8. The minimum Gasteiger partial charge on any atom is -0.417 e. The number of carbonyl (C=O) groups excluding carboxylic acids is 1. The summed E-state index contributed by atoms with van der Waals surface area (Å²) in [7, 11) is 0. The van der Waals surface area contributed by atoms with Crippen LogP contribution in [0.1, 0.15) is 22.3 Å². The largest absolute Gasteiger partial charge is 0.491 e. The van der Waals surface area contributed by atoms with E-state index in [0.717, 1.165) is 12.1 Å². The lowest BCUT2D eigenvalue weighted by Gasteiger charge is -2.29. The zero-order valence-corrected chi connectivity index (χ0v) is 18.8. The number of nitrogens with one attached hydrogen (secondary N) is 1. The normalized spacial score (nSPS) is 15.0. The van der Waals surface area contributed by atoms with Gasteiger partial charge in [0.2, 0.25) is 5.95 Å². The molecule has 3 aromatic rings. The Morgan fingerprint density at radius 2 is 1.77 bits per heavy atom. The fourth-order valence-corrected chi connectivity index (χ4v) is 4.00. The summed E-state index contributed by atoms with van der Waals surface area (Å²) in [6.07, 6.45) is -9.73. The van der Waals surface area contributed by atoms with Crippen LogP contribution in [0.15, 0.2) is 30.3 Å². The first-order valence-corrected chi connectivity index (χ1v) is 10.8. The Balaban J connectivity index is 1.88. The molecule has 4 rings (SSSR count). The maximum atomic E-state index is 13.3. The zero-order valence-electron chi connectivity index (χ0n) is 18.8. The number of aryl methyl sites for hydroxylation is 1. The van der Waals surface area contributed by atoms with Crippen molar-refractivity contribution >= 4 is 23.0 Å². The van der Waals surface area contributed by atoms with E-state index < -0.39 is 23.9 Å². The fourth-order valence-electron chi connectivity index (χ4n) is 4.00. The molecule has 1 aromatic heterocycles. The lowest BCUT2D eigenvalue weighted by molar-refractivity contribution is -0.189. The number of piperazine rings is 1. The van der Waals surface area contributed by atoms with Gasteiger partial charge in [-0.2, -0.15) is 26.3 Å². The molecule has 0 saturated carbocycles. The number of hydrogen-bond donors (Lipinski definition) is 1. The number of nitrogens with zero attached hydrogens (tertiary/aromatic N) is 3. The number of hydrogen-bond acceptors (Lipinski definition) is 5. The topological polar surface area (TPSA) is 59.4 Å². The fraction of sp³-hybridized carbons (Fsp3) is 0.391. The number of halogens is 6. The predicted octanol–water partition coefficient (Wildman–Crippen LogP) is 4.60. The first-order chi connectivity index (χ1) is 16.4. The van der Waals surface area contributed by atoms with Gasteiger partial charge < -0.3 is 19.5 Å². The molecule has 35 heavy (non-hydrogen) atoms. The molecule has 12 heteroatoms. The van der Waals surface area contributed by atoms with E-state index in [1.807, 2.05) is 4.90 Å². The Labute approximate surface area is 196 Å². The monoisotopic (exact) mass is 500 g/mol. The molecular formula is C23H22F6N4O2. The summed E-state index contributed by atoms with van der Waals surface area (Å²) in [6, 6.07) is 6.51. The minimum absolute atomic E-state index is 0.0190. The quantitative estimate of drug-likeness (QED) is 0.323. The molecule has 6 nitrogen and oxygen atoms in total. The van der Waals surface area contributed by atoms with Crippen LogP contribution < -0.4 is 15.0 Å². The Bertz CT molecular complexity index is 1260. The van der Waals surface area contributed by atoms with Gasteiger partial charge in [-0.05, 0) is 48.7 Å². The van der Waals surface area contributed by atoms with Crippen molar-refractivity contribution in [2.75, 3.05) is 31.1 Å². The average molecular weight is 500 g/mol. The Kier molecular flexibility index (Phi) is 6.43. The SMILES string of the molecule is Cc1cc2c(nc(N3CCNCC3)n2Cc2cccc(C(F)(F)F)c2)c(OC(=O)C(F)(F)F)c1C. The average Bonchev–Trinajstić information content (AvgIpc) is 3.14. The van der Waals surface area contributed by atoms with Crippen LogP contribution in [-0.4, -0.2) is 47.9 Å². The van der Waals surface area contributed by atoms with E-state index in [1.165, 1.54) is 19.1 Å². The van der Waals surface area contributed by atoms with Crippen LogP contribution in [0.25, 0.3) is 11.0 Å². The molecule has 0 amide bonds. The third kappa shape index (κ3) is 5.07. The Morgan fingerprint density at radius 1 is 1.09 bits per heavy atom. The molecule has 1 aliphatic rings. The van der Waals surface area contributed by atoms with Gasteiger partial charge in [0.1, 0.15) is 5.52 Å². The highest BCUT2D eigenvalue weighted by atomic mass is 19.4. The molecule has 1 N–H and O–H groups in total. The van der Waals surface area contributed by atoms with E-state index in [1.54, 1.807) is 17.6 Å². The number of fused-ring (bicyclic) bond motifs is 1. The summed E-state index contributed by atoms with van der Waals surface area (Å²) >= 11 is 0. The summed E-state index contributed by atoms with van der Waals surface area (Å²) in [5, 5.41) is 3.19. The summed E-state index contributed by atoms with van der Waals surface area (Å²) in [4.78, 5) is 18.1. The molecule has 0 spiro atoms. The van der Waals surface area contributed by atoms with Crippen LogP contribution in [-0.2, 0) is 17.5 Å². The summed E-state index contributed by atoms with van der Waals surface area (Å²) in [5.74, 6) is -2.32. The number of benzene rings is 2. The minimum atomic E-state index is -5.20. The number of imidazole rings is 1. The van der Waals surface area contributed by atoms with Gasteiger partial charge >= 0.3 is 18.3 Å². The van der Waals surface area contributed by atoms with E-state index >= 15 is 0 Å². The highest BCUT2D eigenvalue weighted by molar-refractivity contribution is 5.91. The number of aromatic nitrogens is 2. The smallest absolute Gasteiger partial charge is 0.417 e. The van der Waals surface area contributed by atoms with Gasteiger partial charge in [-0.1, -0.05) is 12.1 Å². The first kappa shape index (κ1) is 24.8. The van der Waals surface area contributed by atoms with Crippen LogP contribution in [0.4, 0.5) is 32.3 Å². The maximum absolute atomic E-state index is 13.3. The number of ether oxygens (including phenoxy) is 1. The molecule has 2 aromatic carbocycles. The molecule has 0 atom stereocenters. The highest BCUT2D eigenvalue weighted by Gasteiger charge is 2.42. The van der Waals surface area contributed by atoms with Crippen molar-refractivity contribution in [2.24, 2.45) is 0 Å². The van der Waals surface area contributed by atoms with Crippen molar-refractivity contribution in [1.29, 1.82) is 0 Å². The molecule has 2 heterocycles. The molecular weight excluding hydrogens is 478 g/mol. The molecule has 188 valence electrons. The van der Waals surface area contributed by atoms with Crippen molar-refractivity contribution in [2.45, 2.75) is 32.7 Å². The van der Waals surface area contributed by atoms with E-state index in [0.29, 0.717) is 54.3 Å². The summed E-state index contributed by atoms with van der Waals surface area (Å²) in [5.41, 5.74) is 0.762. The second-order valence-corrected chi connectivity index (χ2v) is 8.34. The van der Waals surface area contributed by atoms with Crippen molar-refractivity contribution in [3.63, 3.8) is 0 Å². The molecule has 0 radical (unpaired) electrons. The Hall–Kier alpha value is -3.28. The maximum Gasteiger partial charge on any atom is 0.491 e. The summed E-state index contributed by atoms with van der Waals surface area (Å²) in [6.45, 7) is 5.45. The summed E-state index contributed by atoms with van der Waals surface area (Å²) < 4.78 is 85.1. The predicted molar refractivity (Wildman–Crippen MR) is 117 cm³/mol. The van der Waals surface area contributed by atoms with Crippen molar-refractivity contribution in [3.05, 3.63) is 52.6 Å². The van der Waals surface area contributed by atoms with Crippen molar-refractivity contribution in [1.82, 2.24) is 14.9 Å². The van der Waals surface area contributed by atoms with Crippen LogP contribution in [0.5, 0.6) is 5.75 Å². The third-order valence-electron chi connectivity index (χ3n) is 5.91. The van der Waals surface area contributed by atoms with Gasteiger partial charge in [-0.3, -0.25) is 0 Å². The van der Waals surface area contributed by atoms with Gasteiger partial charge in [0.25, 0.3) is 0 Å². The highest BCUT2D eigenvalue weighted by Crippen LogP contribution is 2.37. The van der Waals surface area contributed by atoms with Crippen LogP contribution in [0.2, 0.25) is 0 Å². The van der Waals surface area contributed by atoms with Crippen LogP contribution in [0.3, 0.4) is 0 Å². The van der Waals surface area contributed by atoms with Gasteiger partial charge in [-0.25, -0.2) is 9.78 Å². The number of esters is 1. The molecule has 0 aliphatic carbocycles. The third-order valence-corrected chi connectivity index (χ3v) is 5.91. The van der Waals surface area contributed by atoms with Crippen molar-refractivity contribution < 1.29 is 35.9 Å². The number of alkyl halides is 6. The number of carbonyl (C=O) groups is 1. The van der Waals surface area contributed by atoms with E-state index in [-0.39, 0.29) is 17.8 Å². The van der Waals surface area contributed by atoms with E-state index in [9.17, 15) is 31.1 Å². The lowest BCUT2D eigenvalue weighted by Crippen LogP contribution is -2.44. The number of anilines is 1. The Morgan fingerprint density at radius 3 is 2.40 bits per heavy atom. The zero-order chi connectivity index (χ0) is 25.5. The second-order valence-electron chi connectivity index (χ2n) is 8.34. The van der Waals surface area contributed by atoms with Gasteiger partial charge in [-0.15, -0.1) is 0 Å². The lowest BCUT2D eigenvalue weighted by atomic mass is 10.1. The second kappa shape index (κ2) is 9.06. The van der Waals surface area contributed by atoms with Gasteiger partial charge in [0.15, 0.2) is 5.75 Å². The molecule has 1 fully saturated rings. The van der Waals surface area contributed by atoms with Gasteiger partial charge in [0, 0.05) is 26.2 Å². The molecule has 1 aliphatic heterocycles. The van der Waals surface area contributed by atoms with E-state index in [2.05, 4.69) is 10.3 Å². The molecule has 0 bridgehead atoms.